The molecule has 1 N–H and O–H groups in total. The van der Waals surface area contributed by atoms with Gasteiger partial charge < -0.3 is 14.4 Å². The maximum Gasteiger partial charge on any atom is 0.485 e. The SMILES string of the molecule is C[n+]1c2c3c(cccc3c3ccc(O)cc31)Oc1ccccc1-2.O=S(=O)([O-])C(F)(F)F. The van der Waals surface area contributed by atoms with Crippen molar-refractivity contribution in [3.05, 3.63) is 60.7 Å². The van der Waals surface area contributed by atoms with Crippen LogP contribution in [0.4, 0.5) is 13.2 Å². The number of para-hydroxylation sites is 1. The maximum absolute atomic E-state index is 10.7. The van der Waals surface area contributed by atoms with Crippen LogP contribution < -0.4 is 9.30 Å². The molecule has 0 unspecified atom stereocenters. The standard InChI is InChI=1S/C20H13NO2.CHF3O3S/c1-21-16-11-12(22)9-10-13(16)14-6-4-8-18-19(14)20(21)15-5-2-3-7-17(15)23-18;2-1(3,4)8(5,6)7/h2-11H,1H3;(H,5,6,7). The fourth-order valence-corrected chi connectivity index (χ4v) is 3.58. The molecule has 6 nitrogen and oxygen atoms in total. The molecule has 0 radical (unpaired) electrons. The van der Waals surface area contributed by atoms with Gasteiger partial charge in [-0.05, 0) is 30.3 Å². The second-order valence-corrected chi connectivity index (χ2v) is 8.16. The Bertz CT molecular complexity index is 1450. The monoisotopic (exact) mass is 449 g/mol. The first-order chi connectivity index (χ1) is 14.5. The number of phenols is 1. The smallest absolute Gasteiger partial charge is 0.485 e. The summed E-state index contributed by atoms with van der Waals surface area (Å²) in [5.41, 5.74) is -2.45. The molecule has 1 aromatic heterocycles. The molecule has 160 valence electrons. The number of nitrogens with zero attached hydrogens (tertiary/aromatic N) is 1. The average Bonchev–Trinajstić information content (AvgIpc) is 2.69. The van der Waals surface area contributed by atoms with Crippen molar-refractivity contribution in [2.75, 3.05) is 0 Å². The number of fused-ring (bicyclic) bond motifs is 4. The van der Waals surface area contributed by atoms with Crippen LogP contribution in [0.3, 0.4) is 0 Å². The lowest BCUT2D eigenvalue weighted by molar-refractivity contribution is -0.632. The van der Waals surface area contributed by atoms with E-state index in [1.165, 1.54) is 0 Å². The van der Waals surface area contributed by atoms with E-state index in [2.05, 4.69) is 16.7 Å². The van der Waals surface area contributed by atoms with Gasteiger partial charge in [0.2, 0.25) is 11.2 Å². The summed E-state index contributed by atoms with van der Waals surface area (Å²) in [6, 6.07) is 19.7. The molecule has 5 rings (SSSR count). The number of hydrogen-bond donors (Lipinski definition) is 1. The van der Waals surface area contributed by atoms with E-state index in [-0.39, 0.29) is 5.75 Å². The van der Waals surface area contributed by atoms with Crippen molar-refractivity contribution < 1.29 is 40.6 Å². The highest BCUT2D eigenvalue weighted by molar-refractivity contribution is 7.86. The van der Waals surface area contributed by atoms with E-state index >= 15 is 0 Å². The highest BCUT2D eigenvalue weighted by Gasteiger charge is 2.37. The minimum Gasteiger partial charge on any atom is -0.741 e. The summed E-state index contributed by atoms with van der Waals surface area (Å²) in [4.78, 5) is 0. The van der Waals surface area contributed by atoms with E-state index in [0.29, 0.717) is 0 Å². The number of phenolic OH excluding ortho intramolecular Hbond substituents is 1. The van der Waals surface area contributed by atoms with Crippen LogP contribution in [0.1, 0.15) is 0 Å². The maximum atomic E-state index is 10.7. The molecule has 0 saturated heterocycles. The molecule has 0 spiro atoms. The molecule has 3 aromatic carbocycles. The molecule has 1 aliphatic heterocycles. The van der Waals surface area contributed by atoms with Crippen LogP contribution in [0, 0.1) is 0 Å². The molecule has 0 aliphatic carbocycles. The fraction of sp³-hybridized carbons (Fsp3) is 0.0952. The second kappa shape index (κ2) is 7.10. The molecular formula is C21H14F3NO5S. The number of ether oxygens (including phenoxy) is 1. The molecule has 0 atom stereocenters. The summed E-state index contributed by atoms with van der Waals surface area (Å²) < 4.78 is 67.2. The van der Waals surface area contributed by atoms with Crippen molar-refractivity contribution in [2.45, 2.75) is 5.51 Å². The van der Waals surface area contributed by atoms with Gasteiger partial charge in [-0.1, -0.05) is 24.3 Å². The van der Waals surface area contributed by atoms with Crippen LogP contribution in [0.15, 0.2) is 60.7 Å². The van der Waals surface area contributed by atoms with E-state index in [1.54, 1.807) is 6.07 Å². The molecule has 10 heteroatoms. The van der Waals surface area contributed by atoms with E-state index in [4.69, 9.17) is 17.7 Å². The Morgan fingerprint density at radius 2 is 1.61 bits per heavy atom. The van der Waals surface area contributed by atoms with Crippen molar-refractivity contribution in [3.8, 4) is 28.5 Å². The van der Waals surface area contributed by atoms with Gasteiger partial charge in [-0.3, -0.25) is 0 Å². The van der Waals surface area contributed by atoms with Crippen molar-refractivity contribution in [1.82, 2.24) is 0 Å². The van der Waals surface area contributed by atoms with Crippen molar-refractivity contribution >= 4 is 31.8 Å². The molecule has 1 aliphatic rings. The van der Waals surface area contributed by atoms with Crippen molar-refractivity contribution in [1.29, 1.82) is 0 Å². The molecule has 0 saturated carbocycles. The lowest BCUT2D eigenvalue weighted by Gasteiger charge is -2.20. The zero-order chi connectivity index (χ0) is 22.6. The van der Waals surface area contributed by atoms with E-state index < -0.39 is 15.6 Å². The lowest BCUT2D eigenvalue weighted by Crippen LogP contribution is -2.33. The molecule has 0 amide bonds. The van der Waals surface area contributed by atoms with Gasteiger partial charge in [0.05, 0.1) is 22.4 Å². The van der Waals surface area contributed by atoms with Gasteiger partial charge in [0.1, 0.15) is 24.3 Å². The second-order valence-electron chi connectivity index (χ2n) is 6.79. The van der Waals surface area contributed by atoms with Gasteiger partial charge in [0, 0.05) is 5.39 Å². The van der Waals surface area contributed by atoms with Crippen LogP contribution in [0.2, 0.25) is 0 Å². The number of hydrogen-bond acceptors (Lipinski definition) is 5. The normalized spacial score (nSPS) is 12.7. The number of aryl methyl sites for hydroxylation is 1. The Balaban J connectivity index is 0.000000250. The average molecular weight is 449 g/mol. The third-order valence-electron chi connectivity index (χ3n) is 4.88. The zero-order valence-electron chi connectivity index (χ0n) is 15.8. The minimum absolute atomic E-state index is 0.274. The third-order valence-corrected chi connectivity index (χ3v) is 5.44. The number of rotatable bonds is 0. The van der Waals surface area contributed by atoms with Gasteiger partial charge in [-0.25, -0.2) is 8.42 Å². The highest BCUT2D eigenvalue weighted by Crippen LogP contribution is 2.46. The van der Waals surface area contributed by atoms with E-state index in [0.717, 1.165) is 44.4 Å². The molecule has 31 heavy (non-hydrogen) atoms. The van der Waals surface area contributed by atoms with Crippen molar-refractivity contribution in [2.24, 2.45) is 7.05 Å². The minimum atomic E-state index is -6.09. The summed E-state index contributed by atoms with van der Waals surface area (Å²) in [7, 11) is -4.05. The first kappa shape index (κ1) is 20.9. The summed E-state index contributed by atoms with van der Waals surface area (Å²) in [5.74, 6) is 2.01. The molecule has 4 aromatic rings. The predicted molar refractivity (Wildman–Crippen MR) is 106 cm³/mol. The zero-order valence-corrected chi connectivity index (χ0v) is 16.7. The van der Waals surface area contributed by atoms with Crippen LogP contribution in [0.25, 0.3) is 32.9 Å². The number of aromatic hydroxyl groups is 1. The van der Waals surface area contributed by atoms with Gasteiger partial charge >= 0.3 is 5.51 Å². The first-order valence-electron chi connectivity index (χ1n) is 8.86. The molecular weight excluding hydrogens is 435 g/mol. The predicted octanol–water partition coefficient (Wildman–Crippen LogP) is 4.35. The Hall–Kier alpha value is -3.37. The van der Waals surface area contributed by atoms with Gasteiger partial charge in [0.15, 0.2) is 10.1 Å². The number of alkyl halides is 3. The largest absolute Gasteiger partial charge is 0.741 e. The Morgan fingerprint density at radius 3 is 2.29 bits per heavy atom. The highest BCUT2D eigenvalue weighted by atomic mass is 32.2. The topological polar surface area (TPSA) is 90.5 Å². The Labute approximate surface area is 174 Å². The van der Waals surface area contributed by atoms with Crippen molar-refractivity contribution in [3.63, 3.8) is 0 Å². The quantitative estimate of drug-likeness (QED) is 0.164. The molecule has 0 bridgehead atoms. The number of benzene rings is 3. The summed E-state index contributed by atoms with van der Waals surface area (Å²) in [6.45, 7) is 0. The summed E-state index contributed by atoms with van der Waals surface area (Å²) >= 11 is 0. The van der Waals surface area contributed by atoms with E-state index in [1.807, 2.05) is 49.5 Å². The first-order valence-corrected chi connectivity index (χ1v) is 10.3. The van der Waals surface area contributed by atoms with Crippen LogP contribution in [-0.2, 0) is 17.2 Å². The van der Waals surface area contributed by atoms with Crippen LogP contribution >= 0.6 is 0 Å². The lowest BCUT2D eigenvalue weighted by atomic mass is 9.96. The summed E-state index contributed by atoms with van der Waals surface area (Å²) in [6.07, 6.45) is 0. The van der Waals surface area contributed by atoms with E-state index in [9.17, 15) is 18.3 Å². The Kier molecular flexibility index (Phi) is 4.78. The third kappa shape index (κ3) is 3.53. The Morgan fingerprint density at radius 1 is 0.968 bits per heavy atom. The molecule has 0 fully saturated rings. The van der Waals surface area contributed by atoms with Gasteiger partial charge in [0.25, 0.3) is 0 Å². The number of aromatic nitrogens is 1. The van der Waals surface area contributed by atoms with Gasteiger partial charge in [-0.2, -0.15) is 17.7 Å². The number of halogens is 3. The fourth-order valence-electron chi connectivity index (χ4n) is 3.58. The van der Waals surface area contributed by atoms with Gasteiger partial charge in [-0.15, -0.1) is 0 Å². The number of pyridine rings is 1. The van der Waals surface area contributed by atoms with Crippen LogP contribution in [-0.4, -0.2) is 23.6 Å². The molecule has 2 heterocycles. The van der Waals surface area contributed by atoms with Crippen LogP contribution in [0.5, 0.6) is 17.2 Å². The summed E-state index contributed by atoms with van der Waals surface area (Å²) in [5, 5.41) is 13.3.